The van der Waals surface area contributed by atoms with Gasteiger partial charge in [-0.3, -0.25) is 4.79 Å². The molecule has 1 atom stereocenters. The Hall–Kier alpha value is -0.650. The third kappa shape index (κ3) is 4.18. The second-order valence-electron chi connectivity index (χ2n) is 6.69. The van der Waals surface area contributed by atoms with E-state index in [1.54, 1.807) is 0 Å². The molecule has 0 aromatic rings. The molecule has 5 heteroatoms. The Balaban J connectivity index is 1.39. The molecule has 1 saturated carbocycles. The van der Waals surface area contributed by atoms with Crippen LogP contribution in [0.2, 0.25) is 0 Å². The van der Waals surface area contributed by atoms with E-state index in [1.165, 1.54) is 32.1 Å². The highest BCUT2D eigenvalue weighted by Crippen LogP contribution is 2.25. The number of nitrogens with zero attached hydrogens (tertiary/aromatic N) is 1. The van der Waals surface area contributed by atoms with Crippen LogP contribution < -0.4 is 10.6 Å². The Labute approximate surface area is 127 Å². The van der Waals surface area contributed by atoms with Gasteiger partial charge in [0.1, 0.15) is 6.04 Å². The average molecular weight is 295 g/mol. The van der Waals surface area contributed by atoms with E-state index < -0.39 is 0 Å². The number of morpholine rings is 1. The van der Waals surface area contributed by atoms with E-state index in [0.29, 0.717) is 19.3 Å². The molecule has 1 aliphatic carbocycles. The van der Waals surface area contributed by atoms with Gasteiger partial charge in [-0.05, 0) is 25.7 Å². The molecule has 21 heavy (non-hydrogen) atoms. The first-order valence-corrected chi connectivity index (χ1v) is 8.68. The molecule has 2 aliphatic heterocycles. The lowest BCUT2D eigenvalue weighted by atomic mass is 9.92. The lowest BCUT2D eigenvalue weighted by Crippen LogP contribution is -2.55. The minimum atomic E-state index is -0.157. The molecule has 3 fully saturated rings. The van der Waals surface area contributed by atoms with Crippen LogP contribution in [0.4, 0.5) is 0 Å². The number of hydrogen-bond donors (Lipinski definition) is 2. The van der Waals surface area contributed by atoms with Crippen molar-refractivity contribution in [2.75, 3.05) is 32.8 Å². The summed E-state index contributed by atoms with van der Waals surface area (Å²) in [7, 11) is 0. The molecule has 2 heterocycles. The standard InChI is InChI=1S/C16H29N3O2/c20-16(15-12-21-11-8-17-15)18-13-6-9-19(10-7-13)14-4-2-1-3-5-14/h13-15,17H,1-12H2,(H,18,20). The van der Waals surface area contributed by atoms with Gasteiger partial charge in [0.25, 0.3) is 0 Å². The number of likely N-dealkylation sites (tertiary alicyclic amines) is 1. The van der Waals surface area contributed by atoms with Crippen LogP contribution in [0.25, 0.3) is 0 Å². The molecule has 0 spiro atoms. The highest BCUT2D eigenvalue weighted by atomic mass is 16.5. The fraction of sp³-hybridized carbons (Fsp3) is 0.938. The Morgan fingerprint density at radius 3 is 2.52 bits per heavy atom. The van der Waals surface area contributed by atoms with Crippen LogP contribution >= 0.6 is 0 Å². The van der Waals surface area contributed by atoms with Crippen molar-refractivity contribution in [3.05, 3.63) is 0 Å². The molecule has 1 amide bonds. The van der Waals surface area contributed by atoms with E-state index in [4.69, 9.17) is 4.74 Å². The Kier molecular flexibility index (Phi) is 5.49. The minimum absolute atomic E-state index is 0.116. The lowest BCUT2D eigenvalue weighted by molar-refractivity contribution is -0.127. The second kappa shape index (κ2) is 7.56. The van der Waals surface area contributed by atoms with Crippen LogP contribution in [0.1, 0.15) is 44.9 Å². The zero-order valence-corrected chi connectivity index (χ0v) is 13.0. The van der Waals surface area contributed by atoms with Crippen molar-refractivity contribution in [2.45, 2.75) is 63.1 Å². The first kappa shape index (κ1) is 15.3. The smallest absolute Gasteiger partial charge is 0.239 e. The molecule has 5 nitrogen and oxygen atoms in total. The topological polar surface area (TPSA) is 53.6 Å². The molecule has 0 aromatic carbocycles. The molecule has 120 valence electrons. The van der Waals surface area contributed by atoms with Crippen molar-refractivity contribution in [2.24, 2.45) is 0 Å². The van der Waals surface area contributed by atoms with Crippen molar-refractivity contribution >= 4 is 5.91 Å². The van der Waals surface area contributed by atoms with Gasteiger partial charge in [-0.15, -0.1) is 0 Å². The van der Waals surface area contributed by atoms with Gasteiger partial charge in [0.05, 0.1) is 13.2 Å². The molecule has 3 rings (SSSR count). The monoisotopic (exact) mass is 295 g/mol. The van der Waals surface area contributed by atoms with Crippen LogP contribution in [0.5, 0.6) is 0 Å². The van der Waals surface area contributed by atoms with Gasteiger partial charge in [-0.1, -0.05) is 19.3 Å². The Morgan fingerprint density at radius 2 is 1.86 bits per heavy atom. The highest BCUT2D eigenvalue weighted by Gasteiger charge is 2.28. The molecular weight excluding hydrogens is 266 g/mol. The third-order valence-corrected chi connectivity index (χ3v) is 5.21. The van der Waals surface area contributed by atoms with Crippen molar-refractivity contribution in [3.63, 3.8) is 0 Å². The number of piperidine rings is 1. The van der Waals surface area contributed by atoms with E-state index in [1.807, 2.05) is 0 Å². The largest absolute Gasteiger partial charge is 0.378 e. The molecule has 2 saturated heterocycles. The van der Waals surface area contributed by atoms with E-state index in [2.05, 4.69) is 15.5 Å². The van der Waals surface area contributed by atoms with Crippen LogP contribution in [-0.4, -0.2) is 61.8 Å². The van der Waals surface area contributed by atoms with Gasteiger partial charge < -0.3 is 20.3 Å². The maximum atomic E-state index is 12.2. The summed E-state index contributed by atoms with van der Waals surface area (Å²) >= 11 is 0. The number of amides is 1. The van der Waals surface area contributed by atoms with E-state index in [9.17, 15) is 4.79 Å². The molecule has 1 unspecified atom stereocenters. The summed E-state index contributed by atoms with van der Waals surface area (Å²) < 4.78 is 5.36. The number of ether oxygens (including phenoxy) is 1. The fourth-order valence-electron chi connectivity index (χ4n) is 3.89. The number of hydrogen-bond acceptors (Lipinski definition) is 4. The second-order valence-corrected chi connectivity index (χ2v) is 6.69. The molecule has 0 radical (unpaired) electrons. The maximum Gasteiger partial charge on any atom is 0.239 e. The summed E-state index contributed by atoms with van der Waals surface area (Å²) in [5.74, 6) is 0.116. The molecule has 0 bridgehead atoms. The molecule has 2 N–H and O–H groups in total. The van der Waals surface area contributed by atoms with E-state index in [0.717, 1.165) is 38.5 Å². The average Bonchev–Trinajstić information content (AvgIpc) is 2.57. The van der Waals surface area contributed by atoms with Crippen molar-refractivity contribution in [1.82, 2.24) is 15.5 Å². The predicted octanol–water partition coefficient (Wildman–Crippen LogP) is 0.888. The number of nitrogens with one attached hydrogen (secondary N) is 2. The first-order chi connectivity index (χ1) is 10.3. The Bertz CT molecular complexity index is 330. The van der Waals surface area contributed by atoms with E-state index >= 15 is 0 Å². The van der Waals surface area contributed by atoms with Crippen LogP contribution in [-0.2, 0) is 9.53 Å². The summed E-state index contributed by atoms with van der Waals surface area (Å²) in [4.78, 5) is 14.8. The zero-order chi connectivity index (χ0) is 14.5. The maximum absolute atomic E-state index is 12.2. The van der Waals surface area contributed by atoms with Crippen molar-refractivity contribution < 1.29 is 9.53 Å². The molecule has 3 aliphatic rings. The number of carbonyl (C=O) groups is 1. The molecule has 0 aromatic heterocycles. The quantitative estimate of drug-likeness (QED) is 0.812. The summed E-state index contributed by atoms with van der Waals surface area (Å²) in [6.07, 6.45) is 9.15. The van der Waals surface area contributed by atoms with Crippen LogP contribution in [0, 0.1) is 0 Å². The number of carbonyl (C=O) groups excluding carboxylic acids is 1. The zero-order valence-electron chi connectivity index (χ0n) is 13.0. The fourth-order valence-corrected chi connectivity index (χ4v) is 3.89. The van der Waals surface area contributed by atoms with E-state index in [-0.39, 0.29) is 11.9 Å². The molecular formula is C16H29N3O2. The normalized spacial score (nSPS) is 30.2. The minimum Gasteiger partial charge on any atom is -0.378 e. The van der Waals surface area contributed by atoms with Gasteiger partial charge in [-0.25, -0.2) is 0 Å². The van der Waals surface area contributed by atoms with Crippen molar-refractivity contribution in [3.8, 4) is 0 Å². The van der Waals surface area contributed by atoms with Gasteiger partial charge >= 0.3 is 0 Å². The highest BCUT2D eigenvalue weighted by molar-refractivity contribution is 5.82. The lowest BCUT2D eigenvalue weighted by Gasteiger charge is -2.39. The number of rotatable bonds is 3. The first-order valence-electron chi connectivity index (χ1n) is 8.68. The summed E-state index contributed by atoms with van der Waals surface area (Å²) in [6.45, 7) is 4.28. The van der Waals surface area contributed by atoms with Gasteiger partial charge in [0.2, 0.25) is 5.91 Å². The third-order valence-electron chi connectivity index (χ3n) is 5.21. The van der Waals surface area contributed by atoms with Crippen LogP contribution in [0.3, 0.4) is 0 Å². The SMILES string of the molecule is O=C(NC1CCN(C2CCCCC2)CC1)C1COCCN1. The summed E-state index contributed by atoms with van der Waals surface area (Å²) in [6, 6.07) is 1.00. The Morgan fingerprint density at radius 1 is 1.10 bits per heavy atom. The van der Waals surface area contributed by atoms with Gasteiger partial charge in [0.15, 0.2) is 0 Å². The van der Waals surface area contributed by atoms with Crippen molar-refractivity contribution in [1.29, 1.82) is 0 Å². The summed E-state index contributed by atoms with van der Waals surface area (Å²) in [5, 5.41) is 6.43. The van der Waals surface area contributed by atoms with Gasteiger partial charge in [-0.2, -0.15) is 0 Å². The van der Waals surface area contributed by atoms with Gasteiger partial charge in [0, 0.05) is 31.7 Å². The predicted molar refractivity (Wildman–Crippen MR) is 82.2 cm³/mol. The summed E-state index contributed by atoms with van der Waals surface area (Å²) in [5.41, 5.74) is 0. The van der Waals surface area contributed by atoms with Crippen LogP contribution in [0.15, 0.2) is 0 Å².